The van der Waals surface area contributed by atoms with E-state index in [1.165, 1.54) is 0 Å². The van der Waals surface area contributed by atoms with Crippen LogP contribution in [0, 0.1) is 0 Å². The predicted octanol–water partition coefficient (Wildman–Crippen LogP) is 1.39. The second-order valence-electron chi connectivity index (χ2n) is 3.48. The van der Waals surface area contributed by atoms with Gasteiger partial charge in [-0.15, -0.1) is 0 Å². The second-order valence-corrected chi connectivity index (χ2v) is 3.48. The maximum atomic E-state index is 10.5. The molecule has 86 valence electrons. The Bertz CT molecular complexity index is 402. The van der Waals surface area contributed by atoms with Crippen molar-refractivity contribution in [2.45, 2.75) is 12.7 Å². The number of ether oxygens (including phenoxy) is 2. The fraction of sp³-hybridized carbons (Fsp3) is 0.400. The number of anilines is 1. The summed E-state index contributed by atoms with van der Waals surface area (Å²) in [4.78, 5) is 14.6. The van der Waals surface area contributed by atoms with E-state index in [0.29, 0.717) is 18.9 Å². The Balaban J connectivity index is 2.24. The molecule has 2 rings (SSSR count). The van der Waals surface area contributed by atoms with Crippen molar-refractivity contribution in [1.29, 1.82) is 0 Å². The zero-order chi connectivity index (χ0) is 11.6. The summed E-state index contributed by atoms with van der Waals surface area (Å²) >= 11 is 0. The molecule has 0 saturated carbocycles. The fourth-order valence-electron chi connectivity index (χ4n) is 1.53. The van der Waals surface area contributed by atoms with E-state index in [1.807, 2.05) is 0 Å². The summed E-state index contributed by atoms with van der Waals surface area (Å²) in [7, 11) is 0. The molecule has 1 saturated heterocycles. The number of rotatable bonds is 2. The van der Waals surface area contributed by atoms with E-state index in [-0.39, 0.29) is 5.82 Å². The zero-order valence-electron chi connectivity index (χ0n) is 8.77. The lowest BCUT2D eigenvalue weighted by Gasteiger charge is -2.21. The lowest BCUT2D eigenvalue weighted by molar-refractivity contribution is -0.152. The van der Waals surface area contributed by atoms with E-state index in [4.69, 9.17) is 14.6 Å². The first-order valence-electron chi connectivity index (χ1n) is 4.85. The summed E-state index contributed by atoms with van der Waals surface area (Å²) in [5, 5.41) is 10.8. The van der Waals surface area contributed by atoms with E-state index in [0.717, 1.165) is 0 Å². The first-order chi connectivity index (χ1) is 7.60. The van der Waals surface area contributed by atoms with Gasteiger partial charge in [0.05, 0.1) is 13.2 Å². The number of aromatic nitrogens is 1. The predicted molar refractivity (Wildman–Crippen MR) is 55.1 cm³/mol. The molecule has 6 heteroatoms. The molecule has 6 nitrogen and oxygen atoms in total. The highest BCUT2D eigenvalue weighted by molar-refractivity contribution is 5.81. The van der Waals surface area contributed by atoms with Crippen LogP contribution in [-0.4, -0.2) is 29.4 Å². The minimum absolute atomic E-state index is 0.255. The molecule has 1 aromatic heterocycles. The van der Waals surface area contributed by atoms with Gasteiger partial charge in [0.15, 0.2) is 0 Å². The Labute approximate surface area is 92.2 Å². The number of nitrogens with one attached hydrogen (secondary N) is 1. The molecule has 2 N–H and O–H groups in total. The molecule has 0 aliphatic carbocycles. The minimum atomic E-state index is -1.15. The van der Waals surface area contributed by atoms with Gasteiger partial charge in [-0.2, -0.15) is 0 Å². The largest absolute Gasteiger partial charge is 0.465 e. The molecule has 2 heterocycles. The van der Waals surface area contributed by atoms with Crippen molar-refractivity contribution in [2.24, 2.45) is 0 Å². The number of pyridine rings is 1. The van der Waals surface area contributed by atoms with Crippen molar-refractivity contribution < 1.29 is 19.4 Å². The monoisotopic (exact) mass is 224 g/mol. The lowest BCUT2D eigenvalue weighted by Crippen LogP contribution is -2.24. The normalized spacial score (nSPS) is 18.3. The quantitative estimate of drug-likeness (QED) is 0.793. The van der Waals surface area contributed by atoms with Crippen LogP contribution in [0.25, 0.3) is 0 Å². The molecule has 1 amide bonds. The van der Waals surface area contributed by atoms with Crippen molar-refractivity contribution in [3.63, 3.8) is 0 Å². The number of carbonyl (C=O) groups is 1. The highest BCUT2D eigenvalue weighted by Gasteiger charge is 2.34. The van der Waals surface area contributed by atoms with Crippen LogP contribution < -0.4 is 5.32 Å². The summed E-state index contributed by atoms with van der Waals surface area (Å²) in [6.45, 7) is 2.77. The molecule has 1 aliphatic rings. The van der Waals surface area contributed by atoms with E-state index >= 15 is 0 Å². The van der Waals surface area contributed by atoms with Crippen LogP contribution in [0.15, 0.2) is 18.2 Å². The summed E-state index contributed by atoms with van der Waals surface area (Å²) in [5.74, 6) is -0.624. The molecule has 0 atom stereocenters. The van der Waals surface area contributed by atoms with Gasteiger partial charge in [-0.3, -0.25) is 5.32 Å². The number of carboxylic acid groups (broad SMARTS) is 1. The lowest BCUT2D eigenvalue weighted by atomic mass is 10.2. The van der Waals surface area contributed by atoms with Gasteiger partial charge < -0.3 is 14.6 Å². The third-order valence-electron chi connectivity index (χ3n) is 2.29. The summed E-state index contributed by atoms with van der Waals surface area (Å²) in [6, 6.07) is 5.00. The molecule has 0 unspecified atom stereocenters. The van der Waals surface area contributed by atoms with E-state index in [1.54, 1.807) is 25.1 Å². The highest BCUT2D eigenvalue weighted by atomic mass is 16.7. The van der Waals surface area contributed by atoms with Crippen LogP contribution in [0.3, 0.4) is 0 Å². The van der Waals surface area contributed by atoms with E-state index in [2.05, 4.69) is 10.3 Å². The van der Waals surface area contributed by atoms with Crippen LogP contribution >= 0.6 is 0 Å². The topological polar surface area (TPSA) is 80.7 Å². The molecule has 0 bridgehead atoms. The highest BCUT2D eigenvalue weighted by Crippen LogP contribution is 2.29. The number of hydrogen-bond acceptors (Lipinski definition) is 4. The third kappa shape index (κ3) is 2.12. The van der Waals surface area contributed by atoms with E-state index < -0.39 is 11.9 Å². The average Bonchev–Trinajstić information content (AvgIpc) is 2.66. The number of hydrogen-bond donors (Lipinski definition) is 2. The zero-order valence-corrected chi connectivity index (χ0v) is 8.77. The van der Waals surface area contributed by atoms with Crippen LogP contribution in [0.4, 0.5) is 10.6 Å². The Hall–Kier alpha value is -1.66. The fourth-order valence-corrected chi connectivity index (χ4v) is 1.53. The minimum Gasteiger partial charge on any atom is -0.465 e. The van der Waals surface area contributed by atoms with Gasteiger partial charge in [-0.05, 0) is 19.1 Å². The van der Waals surface area contributed by atoms with Gasteiger partial charge in [0.1, 0.15) is 11.5 Å². The van der Waals surface area contributed by atoms with Gasteiger partial charge in [0, 0.05) is 0 Å². The number of nitrogens with zero attached hydrogens (tertiary/aromatic N) is 1. The summed E-state index contributed by atoms with van der Waals surface area (Å²) in [5.41, 5.74) is 0.552. The van der Waals surface area contributed by atoms with Crippen molar-refractivity contribution in [3.8, 4) is 0 Å². The standard InChI is InChI=1S/C10H12N2O4/c1-10(15-5-6-16-10)7-3-2-4-8(11-7)12-9(13)14/h2-4H,5-6H2,1H3,(H,11,12)(H,13,14). The molecule has 1 fully saturated rings. The molecular formula is C10H12N2O4. The Morgan fingerprint density at radius 3 is 2.81 bits per heavy atom. The van der Waals surface area contributed by atoms with Gasteiger partial charge in [0.25, 0.3) is 0 Å². The van der Waals surface area contributed by atoms with Crippen LogP contribution in [0.2, 0.25) is 0 Å². The smallest absolute Gasteiger partial charge is 0.410 e. The maximum absolute atomic E-state index is 10.5. The maximum Gasteiger partial charge on any atom is 0.410 e. The van der Waals surface area contributed by atoms with Crippen molar-refractivity contribution in [1.82, 2.24) is 4.98 Å². The molecule has 0 radical (unpaired) electrons. The SMILES string of the molecule is CC1(c2cccc(NC(=O)O)n2)OCCO1. The summed E-state index contributed by atoms with van der Waals surface area (Å²) in [6.07, 6.45) is -1.15. The molecule has 1 aromatic rings. The van der Waals surface area contributed by atoms with E-state index in [9.17, 15) is 4.79 Å². The van der Waals surface area contributed by atoms with Crippen molar-refractivity contribution in [3.05, 3.63) is 23.9 Å². The summed E-state index contributed by atoms with van der Waals surface area (Å²) < 4.78 is 10.9. The Kier molecular flexibility index (Phi) is 2.76. The first kappa shape index (κ1) is 10.8. The van der Waals surface area contributed by atoms with Gasteiger partial charge in [-0.1, -0.05) is 6.07 Å². The first-order valence-corrected chi connectivity index (χ1v) is 4.85. The molecular weight excluding hydrogens is 212 g/mol. The van der Waals surface area contributed by atoms with Crippen LogP contribution in [-0.2, 0) is 15.3 Å². The second kappa shape index (κ2) is 4.07. The molecule has 0 spiro atoms. The van der Waals surface area contributed by atoms with Gasteiger partial charge >= 0.3 is 6.09 Å². The van der Waals surface area contributed by atoms with Crippen molar-refractivity contribution >= 4 is 11.9 Å². The van der Waals surface area contributed by atoms with Crippen LogP contribution in [0.1, 0.15) is 12.6 Å². The molecule has 16 heavy (non-hydrogen) atoms. The average molecular weight is 224 g/mol. The molecule has 0 aromatic carbocycles. The third-order valence-corrected chi connectivity index (χ3v) is 2.29. The van der Waals surface area contributed by atoms with Gasteiger partial charge in [-0.25, -0.2) is 9.78 Å². The van der Waals surface area contributed by atoms with Gasteiger partial charge in [0.2, 0.25) is 5.79 Å². The number of amides is 1. The Morgan fingerprint density at radius 2 is 2.19 bits per heavy atom. The van der Waals surface area contributed by atoms with Crippen LogP contribution in [0.5, 0.6) is 0 Å². The van der Waals surface area contributed by atoms with Crippen molar-refractivity contribution in [2.75, 3.05) is 18.5 Å². The molecule has 1 aliphatic heterocycles. The Morgan fingerprint density at radius 1 is 1.50 bits per heavy atom.